The standard InChI is InChI=1S/C17H29NO/c1-5-9-18-17(16-8-10-19-14(16)4)15-7-6-12(2)13(3)11-15/h8,10,12-13,15,17-18H,5-7,9,11H2,1-4H3. The lowest BCUT2D eigenvalue weighted by molar-refractivity contribution is 0.170. The van der Waals surface area contributed by atoms with Gasteiger partial charge in [0.25, 0.3) is 0 Å². The van der Waals surface area contributed by atoms with Crippen molar-refractivity contribution < 1.29 is 4.42 Å². The summed E-state index contributed by atoms with van der Waals surface area (Å²) in [5.41, 5.74) is 1.38. The number of hydrogen-bond acceptors (Lipinski definition) is 2. The zero-order chi connectivity index (χ0) is 13.8. The van der Waals surface area contributed by atoms with Crippen molar-refractivity contribution in [3.63, 3.8) is 0 Å². The van der Waals surface area contributed by atoms with Crippen molar-refractivity contribution in [2.24, 2.45) is 17.8 Å². The summed E-state index contributed by atoms with van der Waals surface area (Å²) in [6.07, 6.45) is 7.07. The summed E-state index contributed by atoms with van der Waals surface area (Å²) in [5, 5.41) is 3.76. The molecule has 1 aromatic heterocycles. The van der Waals surface area contributed by atoms with Crippen molar-refractivity contribution in [2.75, 3.05) is 6.54 Å². The van der Waals surface area contributed by atoms with Crippen LogP contribution < -0.4 is 5.32 Å². The fraction of sp³-hybridized carbons (Fsp3) is 0.765. The van der Waals surface area contributed by atoms with E-state index < -0.39 is 0 Å². The largest absolute Gasteiger partial charge is 0.469 e. The summed E-state index contributed by atoms with van der Waals surface area (Å²) in [4.78, 5) is 0. The van der Waals surface area contributed by atoms with E-state index in [9.17, 15) is 0 Å². The maximum absolute atomic E-state index is 5.52. The number of furan rings is 1. The minimum atomic E-state index is 0.480. The maximum atomic E-state index is 5.52. The molecule has 0 aromatic carbocycles. The summed E-state index contributed by atoms with van der Waals surface area (Å²) >= 11 is 0. The van der Waals surface area contributed by atoms with Gasteiger partial charge >= 0.3 is 0 Å². The summed E-state index contributed by atoms with van der Waals surface area (Å²) in [5.74, 6) is 3.57. The van der Waals surface area contributed by atoms with Crippen LogP contribution in [0.4, 0.5) is 0 Å². The van der Waals surface area contributed by atoms with Crippen LogP contribution in [0.1, 0.15) is 63.8 Å². The third-order valence-electron chi connectivity index (χ3n) is 4.96. The highest BCUT2D eigenvalue weighted by atomic mass is 16.3. The van der Waals surface area contributed by atoms with Gasteiger partial charge in [-0.2, -0.15) is 0 Å². The molecule has 2 nitrogen and oxygen atoms in total. The molecule has 1 aliphatic carbocycles. The fourth-order valence-electron chi connectivity index (χ4n) is 3.44. The van der Waals surface area contributed by atoms with Crippen LogP contribution in [0.25, 0.3) is 0 Å². The number of rotatable bonds is 5. The summed E-state index contributed by atoms with van der Waals surface area (Å²) in [6, 6.07) is 2.64. The Morgan fingerprint density at radius 1 is 1.32 bits per heavy atom. The van der Waals surface area contributed by atoms with E-state index in [1.54, 1.807) is 0 Å². The molecule has 0 bridgehead atoms. The molecule has 2 rings (SSSR count). The van der Waals surface area contributed by atoms with Gasteiger partial charge in [0.2, 0.25) is 0 Å². The van der Waals surface area contributed by atoms with E-state index in [0.29, 0.717) is 6.04 Å². The van der Waals surface area contributed by atoms with Crippen LogP contribution in [0.2, 0.25) is 0 Å². The highest BCUT2D eigenvalue weighted by Crippen LogP contribution is 2.40. The second kappa shape index (κ2) is 6.60. The molecule has 1 fully saturated rings. The monoisotopic (exact) mass is 263 g/mol. The van der Waals surface area contributed by atoms with Crippen LogP contribution in [0.3, 0.4) is 0 Å². The van der Waals surface area contributed by atoms with Crippen LogP contribution in [-0.2, 0) is 0 Å². The van der Waals surface area contributed by atoms with Gasteiger partial charge in [-0.1, -0.05) is 27.2 Å². The molecule has 19 heavy (non-hydrogen) atoms. The molecule has 2 heteroatoms. The van der Waals surface area contributed by atoms with Crippen LogP contribution in [-0.4, -0.2) is 6.54 Å². The van der Waals surface area contributed by atoms with Crippen LogP contribution in [0, 0.1) is 24.7 Å². The summed E-state index contributed by atoms with van der Waals surface area (Å²) in [7, 11) is 0. The molecule has 4 atom stereocenters. The molecule has 1 heterocycles. The van der Waals surface area contributed by atoms with Crippen LogP contribution >= 0.6 is 0 Å². The molecule has 0 spiro atoms. The van der Waals surface area contributed by atoms with E-state index in [-0.39, 0.29) is 0 Å². The van der Waals surface area contributed by atoms with E-state index in [2.05, 4.69) is 39.1 Å². The summed E-state index contributed by atoms with van der Waals surface area (Å²) < 4.78 is 5.52. The first kappa shape index (κ1) is 14.6. The molecule has 1 aromatic rings. The minimum Gasteiger partial charge on any atom is -0.469 e. The average Bonchev–Trinajstić information content (AvgIpc) is 2.80. The smallest absolute Gasteiger partial charge is 0.105 e. The number of aryl methyl sites for hydroxylation is 1. The Labute approximate surface area is 118 Å². The Morgan fingerprint density at radius 3 is 2.68 bits per heavy atom. The van der Waals surface area contributed by atoms with Gasteiger partial charge in [-0.05, 0) is 56.6 Å². The maximum Gasteiger partial charge on any atom is 0.105 e. The normalized spacial score (nSPS) is 29.4. The third kappa shape index (κ3) is 3.42. The highest BCUT2D eigenvalue weighted by Gasteiger charge is 2.31. The fourth-order valence-corrected chi connectivity index (χ4v) is 3.44. The lowest BCUT2D eigenvalue weighted by Crippen LogP contribution is -2.33. The molecule has 0 amide bonds. The Bertz CT molecular complexity index is 384. The van der Waals surface area contributed by atoms with Crippen LogP contribution in [0.15, 0.2) is 16.7 Å². The van der Waals surface area contributed by atoms with Gasteiger partial charge < -0.3 is 9.73 Å². The summed E-state index contributed by atoms with van der Waals surface area (Å²) in [6.45, 7) is 10.2. The molecule has 1 saturated carbocycles. The second-order valence-electron chi connectivity index (χ2n) is 6.39. The molecule has 0 aliphatic heterocycles. The molecule has 4 unspecified atom stereocenters. The quantitative estimate of drug-likeness (QED) is 0.833. The zero-order valence-electron chi connectivity index (χ0n) is 12.9. The van der Waals surface area contributed by atoms with Crippen molar-refractivity contribution in [3.05, 3.63) is 23.7 Å². The molecule has 1 aliphatic rings. The van der Waals surface area contributed by atoms with Gasteiger partial charge in [-0.25, -0.2) is 0 Å². The Hall–Kier alpha value is -0.760. The predicted molar refractivity (Wildman–Crippen MR) is 80.1 cm³/mol. The topological polar surface area (TPSA) is 25.2 Å². The van der Waals surface area contributed by atoms with E-state index >= 15 is 0 Å². The van der Waals surface area contributed by atoms with Gasteiger partial charge in [-0.3, -0.25) is 0 Å². The Balaban J connectivity index is 2.11. The third-order valence-corrected chi connectivity index (χ3v) is 4.96. The lowest BCUT2D eigenvalue weighted by atomic mass is 9.72. The number of nitrogens with one attached hydrogen (secondary N) is 1. The molecular formula is C17H29NO. The molecular weight excluding hydrogens is 234 g/mol. The molecule has 0 radical (unpaired) electrons. The van der Waals surface area contributed by atoms with Crippen molar-refractivity contribution >= 4 is 0 Å². The molecule has 108 valence electrons. The minimum absolute atomic E-state index is 0.480. The van der Waals surface area contributed by atoms with E-state index in [1.807, 2.05) is 6.26 Å². The van der Waals surface area contributed by atoms with Crippen LogP contribution in [0.5, 0.6) is 0 Å². The van der Waals surface area contributed by atoms with Gasteiger partial charge in [0.05, 0.1) is 6.26 Å². The Morgan fingerprint density at radius 2 is 2.11 bits per heavy atom. The van der Waals surface area contributed by atoms with Crippen molar-refractivity contribution in [1.29, 1.82) is 0 Å². The van der Waals surface area contributed by atoms with Gasteiger partial charge in [-0.15, -0.1) is 0 Å². The van der Waals surface area contributed by atoms with Crippen molar-refractivity contribution in [3.8, 4) is 0 Å². The van der Waals surface area contributed by atoms with Gasteiger partial charge in [0.15, 0.2) is 0 Å². The van der Waals surface area contributed by atoms with Crippen molar-refractivity contribution in [1.82, 2.24) is 5.32 Å². The average molecular weight is 263 g/mol. The Kier molecular flexibility index (Phi) is 5.09. The highest BCUT2D eigenvalue weighted by molar-refractivity contribution is 5.21. The van der Waals surface area contributed by atoms with E-state index in [1.165, 1.54) is 31.2 Å². The molecule has 1 N–H and O–H groups in total. The van der Waals surface area contributed by atoms with E-state index in [4.69, 9.17) is 4.42 Å². The molecule has 0 saturated heterocycles. The number of hydrogen-bond donors (Lipinski definition) is 1. The first-order valence-corrected chi connectivity index (χ1v) is 7.90. The second-order valence-corrected chi connectivity index (χ2v) is 6.39. The zero-order valence-corrected chi connectivity index (χ0v) is 12.9. The van der Waals surface area contributed by atoms with Crippen molar-refractivity contribution in [2.45, 2.75) is 59.4 Å². The lowest BCUT2D eigenvalue weighted by Gasteiger charge is -2.37. The van der Waals surface area contributed by atoms with E-state index in [0.717, 1.165) is 30.1 Å². The predicted octanol–water partition coefficient (Wildman–Crippen LogP) is 4.70. The first-order valence-electron chi connectivity index (χ1n) is 7.90. The van der Waals surface area contributed by atoms with Gasteiger partial charge in [0, 0.05) is 11.6 Å². The first-order chi connectivity index (χ1) is 9.13. The van der Waals surface area contributed by atoms with Gasteiger partial charge in [0.1, 0.15) is 5.76 Å². The SMILES string of the molecule is CCCNC(c1ccoc1C)C1CCC(C)C(C)C1.